The quantitative estimate of drug-likeness (QED) is 0.0985. The fraction of sp³-hybridized carbons (Fsp3) is 0.0789. The Hall–Kier alpha value is -5.55. The first-order valence-corrected chi connectivity index (χ1v) is 14.3. The van der Waals surface area contributed by atoms with Crippen LogP contribution in [0.1, 0.15) is 34.2 Å². The van der Waals surface area contributed by atoms with Gasteiger partial charge in [0.2, 0.25) is 5.88 Å². The normalized spacial score (nSPS) is 11.5. The van der Waals surface area contributed by atoms with Crippen LogP contribution in [0.3, 0.4) is 0 Å². The minimum atomic E-state index is -1.35. The summed E-state index contributed by atoms with van der Waals surface area (Å²) in [6.45, 7) is 0.489. The van der Waals surface area contributed by atoms with Crippen LogP contribution in [0, 0.1) is 0 Å². The largest absolute Gasteiger partial charge is 0.512 e. The summed E-state index contributed by atoms with van der Waals surface area (Å²) in [5, 5.41) is 12.5. The van der Waals surface area contributed by atoms with E-state index in [0.29, 0.717) is 19.4 Å². The molecule has 0 aliphatic rings. The summed E-state index contributed by atoms with van der Waals surface area (Å²) >= 11 is 0. The standard InChI is InChI=1S/C38H31NO4/c40-38(41)43-37-34(16-8-26-42-35-17-7-12-30-11-4-5-14-32(30)35)33-15-6-13-31(36(33)39-37)25-24-29-22-20-28(21-23-29)19-18-27-9-2-1-3-10-27/h1-7,9-15,17-25,39H,8,16,26H2,(H,40,41)/b19-18+,25-24+. The van der Waals surface area contributed by atoms with Gasteiger partial charge in [0.25, 0.3) is 0 Å². The SMILES string of the molecule is O=C(O)Oc1[nH]c2c(/C=C/c3ccc(/C=C/c4ccccc4)cc3)cccc2c1CCCOc1cccc2ccccc12. The van der Waals surface area contributed by atoms with Crippen LogP contribution in [-0.4, -0.2) is 22.9 Å². The number of H-pyrrole nitrogens is 1. The molecule has 6 rings (SSSR count). The minimum Gasteiger partial charge on any atom is -0.493 e. The summed E-state index contributed by atoms with van der Waals surface area (Å²) < 4.78 is 11.3. The first kappa shape index (κ1) is 27.6. The van der Waals surface area contributed by atoms with E-state index in [-0.39, 0.29) is 5.88 Å². The maximum Gasteiger partial charge on any atom is 0.512 e. The van der Waals surface area contributed by atoms with Gasteiger partial charge in [-0.3, -0.25) is 0 Å². The van der Waals surface area contributed by atoms with Crippen molar-refractivity contribution >= 4 is 52.1 Å². The molecule has 0 saturated heterocycles. The number of carbonyl (C=O) groups is 1. The zero-order valence-corrected chi connectivity index (χ0v) is 23.6. The zero-order chi connectivity index (χ0) is 29.4. The van der Waals surface area contributed by atoms with Gasteiger partial charge in [-0.2, -0.15) is 0 Å². The highest BCUT2D eigenvalue weighted by molar-refractivity contribution is 5.95. The van der Waals surface area contributed by atoms with E-state index in [4.69, 9.17) is 9.47 Å². The maximum absolute atomic E-state index is 11.5. The Balaban J connectivity index is 1.17. The molecule has 0 atom stereocenters. The molecule has 0 aliphatic carbocycles. The van der Waals surface area contributed by atoms with Gasteiger partial charge < -0.3 is 19.6 Å². The molecule has 0 amide bonds. The molecule has 0 aliphatic heterocycles. The average Bonchev–Trinajstić information content (AvgIpc) is 3.38. The Kier molecular flexibility index (Phi) is 8.32. The number of aromatic nitrogens is 1. The molecular weight excluding hydrogens is 534 g/mol. The number of ether oxygens (including phenoxy) is 2. The van der Waals surface area contributed by atoms with Crippen LogP contribution in [0.25, 0.3) is 46.0 Å². The second kappa shape index (κ2) is 13.0. The van der Waals surface area contributed by atoms with Crippen molar-refractivity contribution in [3.05, 3.63) is 143 Å². The summed E-state index contributed by atoms with van der Waals surface area (Å²) in [5.41, 5.74) is 5.95. The zero-order valence-electron chi connectivity index (χ0n) is 23.6. The highest BCUT2D eigenvalue weighted by Crippen LogP contribution is 2.33. The number of aryl methyl sites for hydroxylation is 1. The highest BCUT2D eigenvalue weighted by atomic mass is 16.7. The van der Waals surface area contributed by atoms with Crippen molar-refractivity contribution in [1.82, 2.24) is 4.98 Å². The third-order valence-electron chi connectivity index (χ3n) is 7.36. The van der Waals surface area contributed by atoms with Crippen LogP contribution < -0.4 is 9.47 Å². The summed E-state index contributed by atoms with van der Waals surface area (Å²) in [4.78, 5) is 14.7. The number of nitrogens with one attached hydrogen (secondary N) is 1. The van der Waals surface area contributed by atoms with Gasteiger partial charge in [0.15, 0.2) is 0 Å². The molecule has 0 fully saturated rings. The van der Waals surface area contributed by atoms with Crippen molar-refractivity contribution in [2.75, 3.05) is 6.61 Å². The monoisotopic (exact) mass is 565 g/mol. The van der Waals surface area contributed by atoms with E-state index in [1.807, 2.05) is 66.7 Å². The number of carboxylic acid groups (broad SMARTS) is 1. The van der Waals surface area contributed by atoms with Crippen LogP contribution in [-0.2, 0) is 6.42 Å². The van der Waals surface area contributed by atoms with E-state index in [9.17, 15) is 9.90 Å². The van der Waals surface area contributed by atoms with Crippen molar-refractivity contribution in [3.63, 3.8) is 0 Å². The fourth-order valence-electron chi connectivity index (χ4n) is 5.25. The smallest absolute Gasteiger partial charge is 0.493 e. The van der Waals surface area contributed by atoms with Crippen LogP contribution in [0.15, 0.2) is 115 Å². The molecule has 5 heteroatoms. The van der Waals surface area contributed by atoms with Gasteiger partial charge in [0, 0.05) is 16.3 Å². The lowest BCUT2D eigenvalue weighted by Gasteiger charge is -2.09. The maximum atomic E-state index is 11.5. The van der Waals surface area contributed by atoms with Gasteiger partial charge >= 0.3 is 6.16 Å². The van der Waals surface area contributed by atoms with Crippen LogP contribution >= 0.6 is 0 Å². The molecule has 1 aromatic heterocycles. The lowest BCUT2D eigenvalue weighted by Crippen LogP contribution is -2.06. The van der Waals surface area contributed by atoms with E-state index < -0.39 is 6.16 Å². The molecule has 43 heavy (non-hydrogen) atoms. The third kappa shape index (κ3) is 6.68. The molecule has 0 saturated carbocycles. The van der Waals surface area contributed by atoms with E-state index in [0.717, 1.165) is 55.2 Å². The molecule has 2 N–H and O–H groups in total. The highest BCUT2D eigenvalue weighted by Gasteiger charge is 2.17. The van der Waals surface area contributed by atoms with Gasteiger partial charge in [-0.25, -0.2) is 4.79 Å². The van der Waals surface area contributed by atoms with Crippen molar-refractivity contribution < 1.29 is 19.4 Å². The van der Waals surface area contributed by atoms with Gasteiger partial charge in [-0.05, 0) is 46.5 Å². The Labute approximate surface area is 250 Å². The van der Waals surface area contributed by atoms with Crippen LogP contribution in [0.4, 0.5) is 4.79 Å². The molecule has 0 bridgehead atoms. The summed E-state index contributed by atoms with van der Waals surface area (Å²) in [7, 11) is 0. The summed E-state index contributed by atoms with van der Waals surface area (Å²) in [5.74, 6) is 1.09. The Morgan fingerprint density at radius 2 is 1.30 bits per heavy atom. The van der Waals surface area contributed by atoms with Crippen molar-refractivity contribution in [2.45, 2.75) is 12.8 Å². The minimum absolute atomic E-state index is 0.253. The number of aromatic amines is 1. The topological polar surface area (TPSA) is 71.5 Å². The van der Waals surface area contributed by atoms with E-state index in [2.05, 4.69) is 77.8 Å². The van der Waals surface area contributed by atoms with Crippen molar-refractivity contribution in [3.8, 4) is 11.6 Å². The average molecular weight is 566 g/mol. The van der Waals surface area contributed by atoms with Crippen molar-refractivity contribution in [2.24, 2.45) is 0 Å². The fourth-order valence-corrected chi connectivity index (χ4v) is 5.25. The molecule has 0 unspecified atom stereocenters. The van der Waals surface area contributed by atoms with Crippen LogP contribution in [0.2, 0.25) is 0 Å². The lowest BCUT2D eigenvalue weighted by atomic mass is 10.0. The Morgan fingerprint density at radius 1 is 0.674 bits per heavy atom. The predicted molar refractivity (Wildman–Crippen MR) is 175 cm³/mol. The van der Waals surface area contributed by atoms with Gasteiger partial charge in [0.05, 0.1) is 12.1 Å². The van der Waals surface area contributed by atoms with Crippen LogP contribution in [0.5, 0.6) is 11.6 Å². The Morgan fingerprint density at radius 3 is 2.07 bits per heavy atom. The number of hydrogen-bond donors (Lipinski definition) is 2. The first-order valence-electron chi connectivity index (χ1n) is 14.3. The van der Waals surface area contributed by atoms with Crippen molar-refractivity contribution in [1.29, 1.82) is 0 Å². The predicted octanol–water partition coefficient (Wildman–Crippen LogP) is 9.73. The number of benzene rings is 5. The number of rotatable bonds is 10. The molecule has 0 spiro atoms. The molecule has 1 heterocycles. The van der Waals surface area contributed by atoms with Gasteiger partial charge in [-0.1, -0.05) is 133 Å². The number of para-hydroxylation sites is 1. The number of fused-ring (bicyclic) bond motifs is 2. The molecule has 0 radical (unpaired) electrons. The molecule has 5 aromatic carbocycles. The van der Waals surface area contributed by atoms with E-state index in [1.54, 1.807) is 0 Å². The molecule has 5 nitrogen and oxygen atoms in total. The van der Waals surface area contributed by atoms with Gasteiger partial charge in [-0.15, -0.1) is 0 Å². The van der Waals surface area contributed by atoms with E-state index >= 15 is 0 Å². The second-order valence-electron chi connectivity index (χ2n) is 10.2. The summed E-state index contributed by atoms with van der Waals surface area (Å²) in [6, 6.07) is 38.7. The lowest BCUT2D eigenvalue weighted by molar-refractivity contribution is 0.142. The molecule has 6 aromatic rings. The Bertz CT molecular complexity index is 1910. The number of hydrogen-bond acceptors (Lipinski definition) is 3. The summed E-state index contributed by atoms with van der Waals surface area (Å²) in [6.07, 6.45) is 8.22. The third-order valence-corrected chi connectivity index (χ3v) is 7.36. The first-order chi connectivity index (χ1) is 21.1. The van der Waals surface area contributed by atoms with Gasteiger partial charge in [0.1, 0.15) is 5.75 Å². The second-order valence-corrected chi connectivity index (χ2v) is 10.2. The van der Waals surface area contributed by atoms with E-state index in [1.165, 1.54) is 0 Å². The molecular formula is C38H31NO4. The molecule has 212 valence electrons.